The fraction of sp³-hybridized carbons (Fsp3) is 0.385. The molecule has 1 heterocycles. The molecule has 19 heavy (non-hydrogen) atoms. The van der Waals surface area contributed by atoms with E-state index in [0.29, 0.717) is 37.6 Å². The molecule has 1 saturated heterocycles. The zero-order valence-electron chi connectivity index (χ0n) is 10.7. The van der Waals surface area contributed by atoms with Crippen LogP contribution in [0.3, 0.4) is 0 Å². The fourth-order valence-electron chi connectivity index (χ4n) is 1.81. The van der Waals surface area contributed by atoms with Gasteiger partial charge in [0, 0.05) is 24.3 Å². The van der Waals surface area contributed by atoms with Crippen molar-refractivity contribution in [3.05, 3.63) is 29.8 Å². The molecule has 1 N–H and O–H groups in total. The van der Waals surface area contributed by atoms with Gasteiger partial charge < -0.3 is 14.4 Å². The van der Waals surface area contributed by atoms with Gasteiger partial charge in [0.2, 0.25) is 0 Å². The van der Waals surface area contributed by atoms with Gasteiger partial charge in [-0.2, -0.15) is 0 Å². The van der Waals surface area contributed by atoms with Crippen LogP contribution in [-0.2, 0) is 9.47 Å². The summed E-state index contributed by atoms with van der Waals surface area (Å²) in [4.78, 5) is 24.9. The third-order valence-electron chi connectivity index (χ3n) is 2.86. The number of rotatable bonds is 2. The second kappa shape index (κ2) is 6.19. The lowest BCUT2D eigenvalue weighted by molar-refractivity contribution is 0.0303. The topological polar surface area (TPSA) is 67.9 Å². The number of anilines is 1. The largest absolute Gasteiger partial charge is 0.453 e. The molecule has 0 bridgehead atoms. The minimum Gasteiger partial charge on any atom is -0.453 e. The van der Waals surface area contributed by atoms with E-state index in [-0.39, 0.29) is 5.91 Å². The first kappa shape index (κ1) is 13.4. The van der Waals surface area contributed by atoms with Gasteiger partial charge in [0.1, 0.15) is 0 Å². The lowest BCUT2D eigenvalue weighted by Gasteiger charge is -2.26. The maximum atomic E-state index is 12.1. The van der Waals surface area contributed by atoms with E-state index in [1.165, 1.54) is 7.11 Å². The maximum absolute atomic E-state index is 12.1. The molecule has 0 unspecified atom stereocenters. The third kappa shape index (κ3) is 3.45. The molecule has 0 saturated carbocycles. The van der Waals surface area contributed by atoms with Gasteiger partial charge in [-0.3, -0.25) is 10.1 Å². The van der Waals surface area contributed by atoms with Crippen molar-refractivity contribution in [2.75, 3.05) is 38.7 Å². The lowest BCUT2D eigenvalue weighted by Crippen LogP contribution is -2.40. The number of ether oxygens (including phenoxy) is 2. The predicted molar refractivity (Wildman–Crippen MR) is 69.2 cm³/mol. The summed E-state index contributed by atoms with van der Waals surface area (Å²) >= 11 is 0. The van der Waals surface area contributed by atoms with E-state index in [1.807, 2.05) is 0 Å². The normalized spacial score (nSPS) is 14.9. The van der Waals surface area contributed by atoms with Crippen LogP contribution in [0.2, 0.25) is 0 Å². The number of benzene rings is 1. The average Bonchev–Trinajstić information content (AvgIpc) is 2.48. The van der Waals surface area contributed by atoms with Crippen LogP contribution in [0.4, 0.5) is 10.5 Å². The molecule has 1 aromatic rings. The molecular formula is C13H16N2O4. The summed E-state index contributed by atoms with van der Waals surface area (Å²) in [5, 5.41) is 2.53. The van der Waals surface area contributed by atoms with E-state index >= 15 is 0 Å². The molecule has 0 spiro atoms. The lowest BCUT2D eigenvalue weighted by atomic mass is 10.1. The molecule has 6 heteroatoms. The Kier molecular flexibility index (Phi) is 4.35. The van der Waals surface area contributed by atoms with Crippen LogP contribution >= 0.6 is 0 Å². The summed E-state index contributed by atoms with van der Waals surface area (Å²) in [6, 6.07) is 6.71. The SMILES string of the molecule is COC(=O)Nc1ccc(C(=O)N2CCOCC2)cc1. The Hall–Kier alpha value is -2.08. The molecule has 6 nitrogen and oxygen atoms in total. The molecule has 1 aliphatic heterocycles. The van der Waals surface area contributed by atoms with E-state index in [4.69, 9.17) is 4.74 Å². The minimum atomic E-state index is -0.535. The Morgan fingerprint density at radius 2 is 1.84 bits per heavy atom. The number of nitrogens with one attached hydrogen (secondary N) is 1. The molecule has 1 aromatic carbocycles. The van der Waals surface area contributed by atoms with Crippen LogP contribution in [0.1, 0.15) is 10.4 Å². The highest BCUT2D eigenvalue weighted by Crippen LogP contribution is 2.12. The van der Waals surface area contributed by atoms with E-state index in [9.17, 15) is 9.59 Å². The highest BCUT2D eigenvalue weighted by atomic mass is 16.5. The quantitative estimate of drug-likeness (QED) is 0.875. The van der Waals surface area contributed by atoms with Crippen molar-refractivity contribution in [3.63, 3.8) is 0 Å². The second-order valence-corrected chi connectivity index (χ2v) is 4.10. The molecule has 0 atom stereocenters. The van der Waals surface area contributed by atoms with Gasteiger partial charge in [-0.15, -0.1) is 0 Å². The van der Waals surface area contributed by atoms with Gasteiger partial charge in [-0.1, -0.05) is 0 Å². The van der Waals surface area contributed by atoms with Crippen LogP contribution < -0.4 is 5.32 Å². The monoisotopic (exact) mass is 264 g/mol. The first-order chi connectivity index (χ1) is 9.20. The minimum absolute atomic E-state index is 0.0204. The summed E-state index contributed by atoms with van der Waals surface area (Å²) in [5.74, 6) is -0.0204. The Labute approximate surface area is 111 Å². The molecule has 2 amide bonds. The molecule has 0 radical (unpaired) electrons. The zero-order valence-corrected chi connectivity index (χ0v) is 10.7. The van der Waals surface area contributed by atoms with Gasteiger partial charge >= 0.3 is 6.09 Å². The van der Waals surface area contributed by atoms with Gasteiger partial charge in [0.25, 0.3) is 5.91 Å². The summed E-state index contributed by atoms with van der Waals surface area (Å²) < 4.78 is 9.69. The number of methoxy groups -OCH3 is 1. The van der Waals surface area contributed by atoms with Crippen LogP contribution in [0, 0.1) is 0 Å². The molecule has 0 aliphatic carbocycles. The van der Waals surface area contributed by atoms with Gasteiger partial charge in [-0.25, -0.2) is 4.79 Å². The zero-order chi connectivity index (χ0) is 13.7. The summed E-state index contributed by atoms with van der Waals surface area (Å²) in [7, 11) is 1.30. The fourth-order valence-corrected chi connectivity index (χ4v) is 1.81. The number of carbonyl (C=O) groups is 2. The van der Waals surface area contributed by atoms with Crippen molar-refractivity contribution in [3.8, 4) is 0 Å². The van der Waals surface area contributed by atoms with Crippen LogP contribution in [0.25, 0.3) is 0 Å². The highest BCUT2D eigenvalue weighted by molar-refractivity contribution is 5.95. The Balaban J connectivity index is 2.01. The van der Waals surface area contributed by atoms with Crippen molar-refractivity contribution < 1.29 is 19.1 Å². The average molecular weight is 264 g/mol. The number of hydrogen-bond acceptors (Lipinski definition) is 4. The predicted octanol–water partition coefficient (Wildman–Crippen LogP) is 1.34. The molecule has 102 valence electrons. The summed E-state index contributed by atoms with van der Waals surface area (Å²) in [6.07, 6.45) is -0.535. The Morgan fingerprint density at radius 3 is 2.42 bits per heavy atom. The van der Waals surface area contributed by atoms with E-state index < -0.39 is 6.09 Å². The second-order valence-electron chi connectivity index (χ2n) is 4.10. The number of hydrogen-bond donors (Lipinski definition) is 1. The highest BCUT2D eigenvalue weighted by Gasteiger charge is 2.18. The molecule has 1 aliphatic rings. The van der Waals surface area contributed by atoms with Crippen LogP contribution in [-0.4, -0.2) is 50.3 Å². The van der Waals surface area contributed by atoms with Crippen LogP contribution in [0.15, 0.2) is 24.3 Å². The van der Waals surface area contributed by atoms with Crippen molar-refractivity contribution in [2.45, 2.75) is 0 Å². The van der Waals surface area contributed by atoms with E-state index in [1.54, 1.807) is 29.2 Å². The van der Waals surface area contributed by atoms with E-state index in [2.05, 4.69) is 10.1 Å². The number of morpholine rings is 1. The van der Waals surface area contributed by atoms with Gasteiger partial charge in [0.15, 0.2) is 0 Å². The Bertz CT molecular complexity index is 452. The van der Waals surface area contributed by atoms with Crippen molar-refractivity contribution >= 4 is 17.7 Å². The summed E-state index contributed by atoms with van der Waals surface area (Å²) in [5.41, 5.74) is 1.18. The first-order valence-corrected chi connectivity index (χ1v) is 6.03. The number of amides is 2. The number of nitrogens with zero attached hydrogens (tertiary/aromatic N) is 1. The molecular weight excluding hydrogens is 248 g/mol. The number of carbonyl (C=O) groups excluding carboxylic acids is 2. The third-order valence-corrected chi connectivity index (χ3v) is 2.86. The van der Waals surface area contributed by atoms with Crippen molar-refractivity contribution in [2.24, 2.45) is 0 Å². The van der Waals surface area contributed by atoms with Crippen molar-refractivity contribution in [1.82, 2.24) is 4.90 Å². The van der Waals surface area contributed by atoms with Crippen molar-refractivity contribution in [1.29, 1.82) is 0 Å². The molecule has 0 aromatic heterocycles. The molecule has 2 rings (SSSR count). The standard InChI is InChI=1S/C13H16N2O4/c1-18-13(17)14-11-4-2-10(3-5-11)12(16)15-6-8-19-9-7-15/h2-5H,6-9H2,1H3,(H,14,17). The Morgan fingerprint density at radius 1 is 1.21 bits per heavy atom. The molecule has 1 fully saturated rings. The maximum Gasteiger partial charge on any atom is 0.411 e. The smallest absolute Gasteiger partial charge is 0.411 e. The van der Waals surface area contributed by atoms with E-state index in [0.717, 1.165) is 0 Å². The first-order valence-electron chi connectivity index (χ1n) is 6.03. The van der Waals surface area contributed by atoms with Gasteiger partial charge in [0.05, 0.1) is 20.3 Å². The van der Waals surface area contributed by atoms with Crippen LogP contribution in [0.5, 0.6) is 0 Å². The summed E-state index contributed by atoms with van der Waals surface area (Å²) in [6.45, 7) is 2.38. The van der Waals surface area contributed by atoms with Gasteiger partial charge in [-0.05, 0) is 24.3 Å².